The lowest BCUT2D eigenvalue weighted by atomic mass is 10.2. The van der Waals surface area contributed by atoms with Crippen LogP contribution in [0.25, 0.3) is 0 Å². The molecule has 0 aliphatic heterocycles. The zero-order valence-electron chi connectivity index (χ0n) is 11.8. The molecule has 0 atom stereocenters. The summed E-state index contributed by atoms with van der Waals surface area (Å²) in [5.41, 5.74) is 0.268. The predicted molar refractivity (Wildman–Crippen MR) is 80.6 cm³/mol. The van der Waals surface area contributed by atoms with E-state index in [2.05, 4.69) is 9.71 Å². The van der Waals surface area contributed by atoms with Crippen LogP contribution in [-0.2, 0) is 22.3 Å². The Hall–Kier alpha value is -2.26. The van der Waals surface area contributed by atoms with Gasteiger partial charge in [0.05, 0.1) is 17.0 Å². The fourth-order valence-electron chi connectivity index (χ4n) is 1.94. The van der Waals surface area contributed by atoms with Gasteiger partial charge in [-0.3, -0.25) is 10.1 Å². The largest absolute Gasteiger partial charge is 0.337 e. The van der Waals surface area contributed by atoms with E-state index in [9.17, 15) is 18.5 Å². The van der Waals surface area contributed by atoms with Gasteiger partial charge in [0.15, 0.2) is 0 Å². The molecule has 0 radical (unpaired) electrons. The number of aromatic nitrogens is 2. The lowest BCUT2D eigenvalue weighted by molar-refractivity contribution is -0.384. The molecule has 0 fully saturated rings. The number of non-ortho nitro benzene ring substituents is 1. The molecule has 0 aliphatic rings. The number of sulfonamides is 1. The second-order valence-corrected chi connectivity index (χ2v) is 6.54. The van der Waals surface area contributed by atoms with Gasteiger partial charge in [0.2, 0.25) is 10.0 Å². The van der Waals surface area contributed by atoms with Crippen LogP contribution in [0.5, 0.6) is 0 Å². The first-order valence-electron chi connectivity index (χ1n) is 6.63. The molecule has 22 heavy (non-hydrogen) atoms. The first-order valence-corrected chi connectivity index (χ1v) is 8.28. The van der Waals surface area contributed by atoms with E-state index in [1.165, 1.54) is 18.2 Å². The number of nitro benzene ring substituents is 1. The first kappa shape index (κ1) is 16.1. The summed E-state index contributed by atoms with van der Waals surface area (Å²) in [6.07, 6.45) is 5.76. The highest BCUT2D eigenvalue weighted by Gasteiger charge is 2.13. The Morgan fingerprint density at radius 1 is 1.36 bits per heavy atom. The Kier molecular flexibility index (Phi) is 5.23. The molecule has 1 heterocycles. The smallest absolute Gasteiger partial charge is 0.269 e. The topological polar surface area (TPSA) is 107 Å². The van der Waals surface area contributed by atoms with Crippen LogP contribution in [0, 0.1) is 10.1 Å². The zero-order chi connectivity index (χ0) is 16.0. The lowest BCUT2D eigenvalue weighted by Crippen LogP contribution is -2.26. The molecule has 0 aliphatic carbocycles. The standard InChI is InChI=1S/C13H16N4O4S/c18-17(19)13-4-1-3-12(9-13)10-22(20,21)15-5-2-7-16-8-6-14-11-16/h1,3-4,6,8-9,11,15H,2,5,7,10H2. The lowest BCUT2D eigenvalue weighted by Gasteiger charge is -2.07. The van der Waals surface area contributed by atoms with Gasteiger partial charge in [0.25, 0.3) is 5.69 Å². The molecule has 2 rings (SSSR count). The van der Waals surface area contributed by atoms with Gasteiger partial charge in [-0.2, -0.15) is 0 Å². The van der Waals surface area contributed by atoms with E-state index in [-0.39, 0.29) is 11.4 Å². The second kappa shape index (κ2) is 7.14. The van der Waals surface area contributed by atoms with E-state index in [0.717, 1.165) is 0 Å². The average Bonchev–Trinajstić information content (AvgIpc) is 2.96. The molecule has 2 aromatic rings. The summed E-state index contributed by atoms with van der Waals surface area (Å²) in [4.78, 5) is 14.0. The van der Waals surface area contributed by atoms with Gasteiger partial charge in [-0.25, -0.2) is 18.1 Å². The van der Waals surface area contributed by atoms with Crippen LogP contribution in [0.15, 0.2) is 43.0 Å². The van der Waals surface area contributed by atoms with E-state index in [1.807, 2.05) is 4.57 Å². The van der Waals surface area contributed by atoms with Crippen LogP contribution >= 0.6 is 0 Å². The van der Waals surface area contributed by atoms with E-state index in [1.54, 1.807) is 24.8 Å². The van der Waals surface area contributed by atoms with Gasteiger partial charge in [-0.05, 0) is 12.0 Å². The Morgan fingerprint density at radius 2 is 2.18 bits per heavy atom. The SMILES string of the molecule is O=[N+]([O-])c1cccc(CS(=O)(=O)NCCCn2ccnc2)c1. The molecule has 1 N–H and O–H groups in total. The van der Waals surface area contributed by atoms with Gasteiger partial charge in [-0.15, -0.1) is 0 Å². The first-order chi connectivity index (χ1) is 10.5. The molecule has 118 valence electrons. The summed E-state index contributed by atoms with van der Waals surface area (Å²) < 4.78 is 28.2. The summed E-state index contributed by atoms with van der Waals surface area (Å²) >= 11 is 0. The second-order valence-electron chi connectivity index (χ2n) is 4.73. The minimum Gasteiger partial charge on any atom is -0.337 e. The minimum atomic E-state index is -3.52. The fraction of sp³-hybridized carbons (Fsp3) is 0.308. The van der Waals surface area contributed by atoms with E-state index < -0.39 is 14.9 Å². The molecular weight excluding hydrogens is 308 g/mol. The van der Waals surface area contributed by atoms with E-state index in [4.69, 9.17) is 0 Å². The third-order valence-corrected chi connectivity index (χ3v) is 4.31. The average molecular weight is 324 g/mol. The number of nitrogens with zero attached hydrogens (tertiary/aromatic N) is 3. The number of benzene rings is 1. The van der Waals surface area contributed by atoms with Crippen LogP contribution < -0.4 is 4.72 Å². The highest BCUT2D eigenvalue weighted by molar-refractivity contribution is 7.88. The zero-order valence-corrected chi connectivity index (χ0v) is 12.6. The predicted octanol–water partition coefficient (Wildman–Crippen LogP) is 1.30. The molecule has 1 aromatic carbocycles. The Balaban J connectivity index is 1.85. The molecular formula is C13H16N4O4S. The van der Waals surface area contributed by atoms with Crippen molar-refractivity contribution in [1.29, 1.82) is 0 Å². The highest BCUT2D eigenvalue weighted by atomic mass is 32.2. The monoisotopic (exact) mass is 324 g/mol. The van der Waals surface area contributed by atoms with Crippen LogP contribution in [0.2, 0.25) is 0 Å². The number of nitrogens with one attached hydrogen (secondary N) is 1. The molecule has 0 unspecified atom stereocenters. The maximum absolute atomic E-state index is 11.9. The summed E-state index contributed by atoms with van der Waals surface area (Å²) in [6.45, 7) is 0.967. The van der Waals surface area contributed by atoms with Gasteiger partial charge in [-0.1, -0.05) is 12.1 Å². The Morgan fingerprint density at radius 3 is 2.86 bits per heavy atom. The van der Waals surface area contributed by atoms with Crippen molar-refractivity contribution in [2.24, 2.45) is 0 Å². The van der Waals surface area contributed by atoms with Gasteiger partial charge >= 0.3 is 0 Å². The van der Waals surface area contributed by atoms with Crippen molar-refractivity contribution in [3.05, 3.63) is 58.7 Å². The number of nitro groups is 1. The van der Waals surface area contributed by atoms with E-state index >= 15 is 0 Å². The summed E-state index contributed by atoms with van der Waals surface area (Å²) in [5, 5.41) is 10.7. The summed E-state index contributed by atoms with van der Waals surface area (Å²) in [7, 11) is -3.52. The third-order valence-electron chi connectivity index (χ3n) is 2.95. The van der Waals surface area contributed by atoms with Gasteiger partial charge < -0.3 is 4.57 Å². The molecule has 0 saturated carbocycles. The van der Waals surface area contributed by atoms with Crippen LogP contribution in [0.3, 0.4) is 0 Å². The maximum Gasteiger partial charge on any atom is 0.269 e. The number of hydrogen-bond donors (Lipinski definition) is 1. The molecule has 0 spiro atoms. The normalized spacial score (nSPS) is 11.5. The number of imidazole rings is 1. The van der Waals surface area contributed by atoms with Gasteiger partial charge in [0, 0.05) is 37.6 Å². The summed E-state index contributed by atoms with van der Waals surface area (Å²) in [6, 6.07) is 5.62. The van der Waals surface area contributed by atoms with Crippen molar-refractivity contribution >= 4 is 15.7 Å². The third kappa shape index (κ3) is 4.93. The van der Waals surface area contributed by atoms with Crippen LogP contribution in [-0.4, -0.2) is 29.4 Å². The Labute approximate surface area is 128 Å². The number of rotatable bonds is 8. The summed E-state index contributed by atoms with van der Waals surface area (Å²) in [5.74, 6) is -0.278. The van der Waals surface area contributed by atoms with Crippen molar-refractivity contribution in [2.45, 2.75) is 18.7 Å². The number of aryl methyl sites for hydroxylation is 1. The van der Waals surface area contributed by atoms with Crippen molar-refractivity contribution in [2.75, 3.05) is 6.54 Å². The van der Waals surface area contributed by atoms with Crippen molar-refractivity contribution < 1.29 is 13.3 Å². The fourth-order valence-corrected chi connectivity index (χ4v) is 3.11. The van der Waals surface area contributed by atoms with E-state index in [0.29, 0.717) is 25.1 Å². The quantitative estimate of drug-likeness (QED) is 0.447. The van der Waals surface area contributed by atoms with Crippen LogP contribution in [0.1, 0.15) is 12.0 Å². The molecule has 1 aromatic heterocycles. The maximum atomic E-state index is 11.9. The molecule has 0 amide bonds. The van der Waals surface area contributed by atoms with Gasteiger partial charge in [0.1, 0.15) is 0 Å². The van der Waals surface area contributed by atoms with Crippen molar-refractivity contribution in [3.63, 3.8) is 0 Å². The van der Waals surface area contributed by atoms with Crippen molar-refractivity contribution in [3.8, 4) is 0 Å². The minimum absolute atomic E-state index is 0.118. The molecule has 0 bridgehead atoms. The highest BCUT2D eigenvalue weighted by Crippen LogP contribution is 2.14. The molecule has 8 nitrogen and oxygen atoms in total. The molecule has 0 saturated heterocycles. The van der Waals surface area contributed by atoms with Crippen molar-refractivity contribution in [1.82, 2.24) is 14.3 Å². The van der Waals surface area contributed by atoms with Crippen LogP contribution in [0.4, 0.5) is 5.69 Å². The molecule has 9 heteroatoms. The number of hydrogen-bond acceptors (Lipinski definition) is 5. The Bertz CT molecular complexity index is 728.